The van der Waals surface area contributed by atoms with Gasteiger partial charge in [-0.1, -0.05) is 11.6 Å². The molecule has 0 spiro atoms. The second kappa shape index (κ2) is 10.9. The molecule has 1 fully saturated rings. The summed E-state index contributed by atoms with van der Waals surface area (Å²) in [5.74, 6) is -1.07. The van der Waals surface area contributed by atoms with Crippen LogP contribution in [0.2, 0.25) is 5.02 Å². The predicted octanol–water partition coefficient (Wildman–Crippen LogP) is 5.02. The van der Waals surface area contributed by atoms with E-state index in [0.29, 0.717) is 35.6 Å². The van der Waals surface area contributed by atoms with Crippen LogP contribution in [0.25, 0.3) is 0 Å². The Balaban J connectivity index is 0.00000149. The molecule has 2 aromatic carbocycles. The van der Waals surface area contributed by atoms with E-state index in [0.717, 1.165) is 18.2 Å². The molecule has 0 bridgehead atoms. The van der Waals surface area contributed by atoms with Crippen LogP contribution in [-0.4, -0.2) is 32.0 Å². The topological polar surface area (TPSA) is 92.8 Å². The molecular formula is C23H22ClF2N3O3S. The third-order valence-corrected chi connectivity index (χ3v) is 8.16. The van der Waals surface area contributed by atoms with Gasteiger partial charge < -0.3 is 4.79 Å². The lowest BCUT2D eigenvalue weighted by Gasteiger charge is -2.40. The maximum atomic E-state index is 14.8. The van der Waals surface area contributed by atoms with Crippen molar-refractivity contribution < 1.29 is 22.6 Å². The van der Waals surface area contributed by atoms with Gasteiger partial charge in [0, 0.05) is 21.9 Å². The van der Waals surface area contributed by atoms with Gasteiger partial charge in [-0.05, 0) is 74.1 Å². The number of hydrogen-bond donors (Lipinski definition) is 1. The Hall–Kier alpha value is -2.78. The Kier molecular flexibility index (Phi) is 8.20. The van der Waals surface area contributed by atoms with Crippen molar-refractivity contribution in [3.05, 3.63) is 76.8 Å². The van der Waals surface area contributed by atoms with E-state index in [1.807, 2.05) is 6.79 Å². The molecule has 1 N–H and O–H groups in total. The molecule has 0 aliphatic heterocycles. The summed E-state index contributed by atoms with van der Waals surface area (Å²) >= 11 is 5.96. The number of aromatic nitrogens is 3. The second-order valence-electron chi connectivity index (χ2n) is 7.75. The summed E-state index contributed by atoms with van der Waals surface area (Å²) in [6, 6.07) is 9.83. The molecule has 0 saturated heterocycles. The highest BCUT2D eigenvalue weighted by Crippen LogP contribution is 2.48. The number of H-pyrrole nitrogens is 1. The first kappa shape index (κ1) is 24.9. The van der Waals surface area contributed by atoms with E-state index in [-0.39, 0.29) is 29.5 Å². The fourth-order valence-electron chi connectivity index (χ4n) is 4.23. The van der Waals surface area contributed by atoms with Gasteiger partial charge in [0.1, 0.15) is 24.8 Å². The predicted molar refractivity (Wildman–Crippen MR) is 120 cm³/mol. The first-order chi connectivity index (χ1) is 15.9. The van der Waals surface area contributed by atoms with E-state index in [4.69, 9.17) is 16.4 Å². The standard InChI is InChI=1S/C22H20ClF2N3O2S.CH2O/c23-15-1-4-17(5-2-15)31(30)22(18-12-16(24)3-6-19(18)25)9-7-14(8-10-22)11-20(29)21-26-13-27-28-21;1-2/h1-6,12-14H,7-11H2,(H,26,27,28);1H2/t14?,22?,31-;/m0./s1. The summed E-state index contributed by atoms with van der Waals surface area (Å²) in [5.41, 5.74) is 0.112. The molecule has 1 aliphatic rings. The quantitative estimate of drug-likeness (QED) is 0.487. The monoisotopic (exact) mass is 493 g/mol. The molecule has 4 rings (SSSR count). The van der Waals surface area contributed by atoms with Crippen LogP contribution in [0, 0.1) is 17.6 Å². The maximum absolute atomic E-state index is 14.8. The first-order valence-corrected chi connectivity index (χ1v) is 11.7. The fourth-order valence-corrected chi connectivity index (χ4v) is 6.15. The van der Waals surface area contributed by atoms with Crippen molar-refractivity contribution in [3.63, 3.8) is 0 Å². The molecule has 0 radical (unpaired) electrons. The lowest BCUT2D eigenvalue weighted by Crippen LogP contribution is -2.37. The molecule has 1 saturated carbocycles. The van der Waals surface area contributed by atoms with Gasteiger partial charge >= 0.3 is 0 Å². The van der Waals surface area contributed by atoms with Crippen LogP contribution in [0.3, 0.4) is 0 Å². The smallest absolute Gasteiger partial charge is 0.199 e. The van der Waals surface area contributed by atoms with Crippen molar-refractivity contribution >= 4 is 35.0 Å². The van der Waals surface area contributed by atoms with Gasteiger partial charge in [-0.15, -0.1) is 0 Å². The number of rotatable bonds is 6. The molecular weight excluding hydrogens is 472 g/mol. The normalized spacial score (nSPS) is 21.0. The van der Waals surface area contributed by atoms with Crippen LogP contribution >= 0.6 is 11.6 Å². The molecule has 1 atom stereocenters. The number of nitrogens with zero attached hydrogens (tertiary/aromatic N) is 2. The zero-order valence-corrected chi connectivity index (χ0v) is 19.2. The van der Waals surface area contributed by atoms with Crippen LogP contribution in [0.15, 0.2) is 53.7 Å². The van der Waals surface area contributed by atoms with Crippen molar-refractivity contribution in [3.8, 4) is 0 Å². The summed E-state index contributed by atoms with van der Waals surface area (Å²) < 4.78 is 41.5. The third kappa shape index (κ3) is 5.42. The highest BCUT2D eigenvalue weighted by Gasteiger charge is 2.45. The fraction of sp³-hybridized carbons (Fsp3) is 0.304. The van der Waals surface area contributed by atoms with Gasteiger partial charge in [-0.3, -0.25) is 14.1 Å². The lowest BCUT2D eigenvalue weighted by atomic mass is 9.76. The summed E-state index contributed by atoms with van der Waals surface area (Å²) in [7, 11) is -1.64. The summed E-state index contributed by atoms with van der Waals surface area (Å²) in [4.78, 5) is 24.8. The zero-order valence-electron chi connectivity index (χ0n) is 17.6. The molecule has 6 nitrogen and oxygen atoms in total. The van der Waals surface area contributed by atoms with Crippen LogP contribution in [0.4, 0.5) is 8.78 Å². The minimum atomic E-state index is -1.64. The number of Topliss-reactive ketones (excluding diaryl/α,β-unsaturated/α-hetero) is 1. The van der Waals surface area contributed by atoms with Gasteiger partial charge in [0.2, 0.25) is 0 Å². The third-order valence-electron chi connectivity index (χ3n) is 5.87. The number of ketones is 1. The van der Waals surface area contributed by atoms with Crippen molar-refractivity contribution in [2.45, 2.75) is 41.7 Å². The maximum Gasteiger partial charge on any atom is 0.199 e. The van der Waals surface area contributed by atoms with Crippen molar-refractivity contribution in [1.82, 2.24) is 15.2 Å². The molecule has 1 aliphatic carbocycles. The number of aromatic amines is 1. The van der Waals surface area contributed by atoms with Crippen LogP contribution in [0.5, 0.6) is 0 Å². The molecule has 10 heteroatoms. The summed E-state index contributed by atoms with van der Waals surface area (Å²) in [6.07, 6.45) is 3.36. The number of carbonyl (C=O) groups excluding carboxylic acids is 2. The van der Waals surface area contributed by atoms with Gasteiger partial charge in [0.05, 0.1) is 15.5 Å². The van der Waals surface area contributed by atoms with Crippen molar-refractivity contribution in [1.29, 1.82) is 0 Å². The minimum absolute atomic E-state index is 0.0320. The highest BCUT2D eigenvalue weighted by molar-refractivity contribution is 7.86. The minimum Gasteiger partial charge on any atom is -0.307 e. The Morgan fingerprint density at radius 3 is 2.42 bits per heavy atom. The molecule has 3 aromatic rings. The second-order valence-corrected chi connectivity index (χ2v) is 9.97. The van der Waals surface area contributed by atoms with Crippen molar-refractivity contribution in [2.75, 3.05) is 0 Å². The average molecular weight is 494 g/mol. The molecule has 1 heterocycles. The van der Waals surface area contributed by atoms with E-state index in [1.165, 1.54) is 6.33 Å². The highest BCUT2D eigenvalue weighted by atomic mass is 35.5. The summed E-state index contributed by atoms with van der Waals surface area (Å²) in [6.45, 7) is 2.00. The van der Waals surface area contributed by atoms with Gasteiger partial charge in [-0.25, -0.2) is 13.8 Å². The largest absolute Gasteiger partial charge is 0.307 e. The Morgan fingerprint density at radius 2 is 1.82 bits per heavy atom. The van der Waals surface area contributed by atoms with E-state index in [1.54, 1.807) is 24.3 Å². The van der Waals surface area contributed by atoms with Crippen LogP contribution in [0.1, 0.15) is 48.3 Å². The number of nitrogens with one attached hydrogen (secondary N) is 1. The number of benzene rings is 2. The number of halogens is 3. The first-order valence-electron chi connectivity index (χ1n) is 10.2. The van der Waals surface area contributed by atoms with Gasteiger partial charge in [0.25, 0.3) is 0 Å². The zero-order chi connectivity index (χ0) is 24.0. The van der Waals surface area contributed by atoms with Crippen LogP contribution < -0.4 is 0 Å². The van der Waals surface area contributed by atoms with Crippen LogP contribution in [-0.2, 0) is 20.3 Å². The SMILES string of the molecule is C=O.O=C(CC1CCC(c2cc(F)ccc2F)([S@@](=O)c2ccc(Cl)cc2)CC1)c1ncn[nH]1. The molecule has 174 valence electrons. The van der Waals surface area contributed by atoms with Crippen molar-refractivity contribution in [2.24, 2.45) is 5.92 Å². The molecule has 0 unspecified atom stereocenters. The number of hydrogen-bond acceptors (Lipinski definition) is 5. The van der Waals surface area contributed by atoms with E-state index < -0.39 is 27.2 Å². The molecule has 0 amide bonds. The van der Waals surface area contributed by atoms with Gasteiger partial charge in [-0.2, -0.15) is 5.10 Å². The average Bonchev–Trinajstić information content (AvgIpc) is 3.38. The Labute approximate surface area is 197 Å². The summed E-state index contributed by atoms with van der Waals surface area (Å²) in [5, 5.41) is 6.76. The lowest BCUT2D eigenvalue weighted by molar-refractivity contribution is -0.0980. The molecule has 33 heavy (non-hydrogen) atoms. The van der Waals surface area contributed by atoms with E-state index in [9.17, 15) is 17.8 Å². The van der Waals surface area contributed by atoms with Gasteiger partial charge in [0.15, 0.2) is 11.6 Å². The number of carbonyl (C=O) groups is 2. The Bertz CT molecular complexity index is 1120. The van der Waals surface area contributed by atoms with E-state index >= 15 is 0 Å². The Morgan fingerprint density at radius 1 is 1.15 bits per heavy atom. The van der Waals surface area contributed by atoms with E-state index in [2.05, 4.69) is 15.2 Å². The molecule has 1 aromatic heterocycles.